The molecule has 0 radical (unpaired) electrons. The second-order valence-corrected chi connectivity index (χ2v) is 8.59. The van der Waals surface area contributed by atoms with Crippen LogP contribution < -0.4 is 5.32 Å². The maximum atomic E-state index is 13.5. The highest BCUT2D eigenvalue weighted by atomic mass is 19.1. The quantitative estimate of drug-likeness (QED) is 0.599. The van der Waals surface area contributed by atoms with Gasteiger partial charge in [0.1, 0.15) is 5.82 Å². The molecular weight excluding hydrogens is 377 g/mol. The van der Waals surface area contributed by atoms with Crippen molar-refractivity contribution in [1.82, 2.24) is 10.2 Å². The topological polar surface area (TPSA) is 36.9 Å². The summed E-state index contributed by atoms with van der Waals surface area (Å²) in [5.41, 5.74) is 2.54. The van der Waals surface area contributed by atoms with Gasteiger partial charge in [-0.25, -0.2) is 4.39 Å². The van der Waals surface area contributed by atoms with Gasteiger partial charge < -0.3 is 15.0 Å². The minimum atomic E-state index is -0.189. The molecule has 0 saturated carbocycles. The van der Waals surface area contributed by atoms with Crippen LogP contribution in [-0.2, 0) is 16.6 Å². The van der Waals surface area contributed by atoms with E-state index in [9.17, 15) is 4.39 Å². The summed E-state index contributed by atoms with van der Waals surface area (Å²) in [4.78, 5) is 6.96. The number of ether oxygens (including phenoxy) is 1. The van der Waals surface area contributed by atoms with Gasteiger partial charge in [-0.1, -0.05) is 42.5 Å². The van der Waals surface area contributed by atoms with Gasteiger partial charge in [0.2, 0.25) is 0 Å². The van der Waals surface area contributed by atoms with E-state index in [2.05, 4.69) is 45.5 Å². The van der Waals surface area contributed by atoms with Crippen LogP contribution in [0.1, 0.15) is 30.4 Å². The van der Waals surface area contributed by atoms with E-state index >= 15 is 0 Å². The summed E-state index contributed by atoms with van der Waals surface area (Å²) in [6, 6.07) is 17.7. The molecule has 1 unspecified atom stereocenters. The Morgan fingerprint density at radius 2 is 1.87 bits per heavy atom. The van der Waals surface area contributed by atoms with Crippen molar-refractivity contribution in [2.24, 2.45) is 10.9 Å². The molecule has 0 aliphatic carbocycles. The van der Waals surface area contributed by atoms with Crippen LogP contribution in [0.25, 0.3) is 0 Å². The zero-order chi connectivity index (χ0) is 20.8. The number of likely N-dealkylation sites (tertiary alicyclic amines) is 1. The molecule has 4 rings (SSSR count). The van der Waals surface area contributed by atoms with Gasteiger partial charge in [0.25, 0.3) is 0 Å². The molecule has 2 aromatic carbocycles. The molecule has 0 amide bonds. The largest absolute Gasteiger partial charge is 0.381 e. The Balaban J connectivity index is 1.40. The Hall–Kier alpha value is -2.40. The number of nitrogens with zero attached hydrogens (tertiary/aromatic N) is 2. The van der Waals surface area contributed by atoms with Crippen molar-refractivity contribution in [3.05, 3.63) is 71.5 Å². The van der Waals surface area contributed by atoms with E-state index in [4.69, 9.17) is 4.74 Å². The summed E-state index contributed by atoms with van der Waals surface area (Å²) in [7, 11) is 1.86. The van der Waals surface area contributed by atoms with Gasteiger partial charge in [-0.05, 0) is 54.9 Å². The predicted octanol–water partition coefficient (Wildman–Crippen LogP) is 4.01. The second kappa shape index (κ2) is 9.61. The minimum Gasteiger partial charge on any atom is -0.381 e. The Morgan fingerprint density at radius 1 is 1.13 bits per heavy atom. The Kier molecular flexibility index (Phi) is 6.68. The van der Waals surface area contributed by atoms with E-state index in [1.807, 2.05) is 19.2 Å². The molecule has 2 aromatic rings. The molecule has 2 heterocycles. The Labute approximate surface area is 179 Å². The SMILES string of the molecule is CN=C(NCC1(c2ccc(F)cc2)CCOCC1)N1CCC(Cc2ccccc2)C1. The monoisotopic (exact) mass is 409 g/mol. The Bertz CT molecular complexity index is 831. The van der Waals surface area contributed by atoms with Gasteiger partial charge >= 0.3 is 0 Å². The van der Waals surface area contributed by atoms with Crippen LogP contribution in [0.5, 0.6) is 0 Å². The summed E-state index contributed by atoms with van der Waals surface area (Å²) in [6.45, 7) is 4.32. The Morgan fingerprint density at radius 3 is 2.57 bits per heavy atom. The maximum Gasteiger partial charge on any atom is 0.193 e. The fourth-order valence-electron chi connectivity index (χ4n) is 4.85. The first-order valence-electron chi connectivity index (χ1n) is 11.0. The van der Waals surface area contributed by atoms with E-state index in [1.165, 1.54) is 17.5 Å². The van der Waals surface area contributed by atoms with E-state index in [0.29, 0.717) is 5.92 Å². The summed E-state index contributed by atoms with van der Waals surface area (Å²) in [5, 5.41) is 3.65. The highest BCUT2D eigenvalue weighted by Crippen LogP contribution is 2.34. The van der Waals surface area contributed by atoms with Crippen molar-refractivity contribution in [2.45, 2.75) is 31.1 Å². The van der Waals surface area contributed by atoms with E-state index in [1.54, 1.807) is 12.1 Å². The smallest absolute Gasteiger partial charge is 0.193 e. The second-order valence-electron chi connectivity index (χ2n) is 8.59. The van der Waals surface area contributed by atoms with Crippen LogP contribution in [0, 0.1) is 11.7 Å². The summed E-state index contributed by atoms with van der Waals surface area (Å²) in [6.07, 6.45) is 4.16. The summed E-state index contributed by atoms with van der Waals surface area (Å²) < 4.78 is 19.1. The molecule has 5 heteroatoms. The number of benzene rings is 2. The lowest BCUT2D eigenvalue weighted by molar-refractivity contribution is 0.0512. The standard InChI is InChI=1S/C25H32FN3O/c1-27-24(29-14-11-21(18-29)17-20-5-3-2-4-6-20)28-19-25(12-15-30-16-13-25)22-7-9-23(26)10-8-22/h2-10,21H,11-19H2,1H3,(H,27,28). The molecule has 30 heavy (non-hydrogen) atoms. The van der Waals surface area contributed by atoms with Crippen LogP contribution in [0.3, 0.4) is 0 Å². The first-order chi connectivity index (χ1) is 14.7. The average molecular weight is 410 g/mol. The lowest BCUT2D eigenvalue weighted by atomic mass is 9.74. The normalized spacial score (nSPS) is 21.6. The lowest BCUT2D eigenvalue weighted by Crippen LogP contribution is -2.49. The zero-order valence-electron chi connectivity index (χ0n) is 17.8. The number of guanidine groups is 1. The van der Waals surface area contributed by atoms with E-state index in [-0.39, 0.29) is 11.2 Å². The third kappa shape index (κ3) is 4.84. The third-order valence-corrected chi connectivity index (χ3v) is 6.66. The van der Waals surface area contributed by atoms with Crippen LogP contribution >= 0.6 is 0 Å². The number of hydrogen-bond donors (Lipinski definition) is 1. The molecule has 1 atom stereocenters. The molecule has 2 aliphatic rings. The van der Waals surface area contributed by atoms with E-state index in [0.717, 1.165) is 58.1 Å². The van der Waals surface area contributed by atoms with Gasteiger partial charge in [0.05, 0.1) is 0 Å². The molecule has 0 bridgehead atoms. The van der Waals surface area contributed by atoms with Gasteiger partial charge in [-0.3, -0.25) is 4.99 Å². The van der Waals surface area contributed by atoms with Crippen LogP contribution in [0.4, 0.5) is 4.39 Å². The van der Waals surface area contributed by atoms with Crippen molar-refractivity contribution < 1.29 is 9.13 Å². The zero-order valence-corrected chi connectivity index (χ0v) is 17.8. The number of halogens is 1. The molecule has 0 spiro atoms. The van der Waals surface area contributed by atoms with Gasteiger partial charge in [0, 0.05) is 45.3 Å². The number of aliphatic imine (C=N–C) groups is 1. The predicted molar refractivity (Wildman–Crippen MR) is 119 cm³/mol. The summed E-state index contributed by atoms with van der Waals surface area (Å²) >= 11 is 0. The fourth-order valence-corrected chi connectivity index (χ4v) is 4.85. The average Bonchev–Trinajstić information content (AvgIpc) is 3.24. The number of hydrogen-bond acceptors (Lipinski definition) is 2. The molecule has 0 aromatic heterocycles. The number of rotatable bonds is 5. The highest BCUT2D eigenvalue weighted by Gasteiger charge is 2.35. The van der Waals surface area contributed by atoms with Gasteiger partial charge in [0.15, 0.2) is 5.96 Å². The highest BCUT2D eigenvalue weighted by molar-refractivity contribution is 5.80. The molecule has 2 aliphatic heterocycles. The molecular formula is C25H32FN3O. The van der Waals surface area contributed by atoms with Crippen LogP contribution in [-0.4, -0.2) is 50.8 Å². The van der Waals surface area contributed by atoms with Gasteiger partial charge in [-0.2, -0.15) is 0 Å². The number of nitrogens with one attached hydrogen (secondary N) is 1. The minimum absolute atomic E-state index is 0.0505. The van der Waals surface area contributed by atoms with Gasteiger partial charge in [-0.15, -0.1) is 0 Å². The lowest BCUT2D eigenvalue weighted by Gasteiger charge is -2.39. The van der Waals surface area contributed by atoms with Crippen LogP contribution in [0.15, 0.2) is 59.6 Å². The van der Waals surface area contributed by atoms with Crippen molar-refractivity contribution >= 4 is 5.96 Å². The molecule has 2 fully saturated rings. The molecule has 1 N–H and O–H groups in total. The maximum absolute atomic E-state index is 13.5. The van der Waals surface area contributed by atoms with Crippen LogP contribution in [0.2, 0.25) is 0 Å². The summed E-state index contributed by atoms with van der Waals surface area (Å²) in [5.74, 6) is 1.44. The van der Waals surface area contributed by atoms with Crippen molar-refractivity contribution in [3.63, 3.8) is 0 Å². The molecule has 4 nitrogen and oxygen atoms in total. The first kappa shape index (κ1) is 20.9. The molecule has 160 valence electrons. The van der Waals surface area contributed by atoms with Crippen molar-refractivity contribution in [3.8, 4) is 0 Å². The fraction of sp³-hybridized carbons (Fsp3) is 0.480. The first-order valence-corrected chi connectivity index (χ1v) is 11.0. The van der Waals surface area contributed by atoms with Crippen molar-refractivity contribution in [1.29, 1.82) is 0 Å². The third-order valence-electron chi connectivity index (χ3n) is 6.66. The van der Waals surface area contributed by atoms with Crippen molar-refractivity contribution in [2.75, 3.05) is 39.9 Å². The van der Waals surface area contributed by atoms with E-state index < -0.39 is 0 Å². The molecule has 2 saturated heterocycles.